The van der Waals surface area contributed by atoms with Crippen LogP contribution in [0.25, 0.3) is 11.4 Å². The lowest BCUT2D eigenvalue weighted by molar-refractivity contribution is -0.113. The van der Waals surface area contributed by atoms with Gasteiger partial charge in [0.25, 0.3) is 0 Å². The number of thioether (sulfide) groups is 1. The molecule has 3 rings (SSSR count). The first-order chi connectivity index (χ1) is 12.6. The summed E-state index contributed by atoms with van der Waals surface area (Å²) in [5.41, 5.74) is 1.98. The number of nitrogens with zero attached hydrogens (tertiary/aromatic N) is 3. The molecule has 0 saturated carbocycles. The molecule has 0 radical (unpaired) electrons. The number of para-hydroxylation sites is 1. The molecule has 0 bridgehead atoms. The van der Waals surface area contributed by atoms with Crippen LogP contribution in [-0.4, -0.2) is 32.2 Å². The second-order valence-electron chi connectivity index (χ2n) is 5.67. The molecule has 3 aromatic rings. The largest absolute Gasteiger partial charge is 0.325 e. The normalized spacial score (nSPS) is 10.5. The molecule has 0 spiro atoms. The molecule has 6 nitrogen and oxygen atoms in total. The van der Waals surface area contributed by atoms with Crippen molar-refractivity contribution in [3.8, 4) is 11.4 Å². The molecular formula is C19H18N4O2S. The van der Waals surface area contributed by atoms with E-state index in [0.29, 0.717) is 16.4 Å². The Bertz CT molecular complexity index is 938. The van der Waals surface area contributed by atoms with E-state index in [1.165, 1.54) is 18.7 Å². The number of hydrogen-bond donors (Lipinski definition) is 1. The van der Waals surface area contributed by atoms with E-state index in [1.54, 1.807) is 24.3 Å². The SMILES string of the molecule is CC(=O)c1ccccc1NC(=O)CSc1nnc(-c2ccccc2)n1C. The van der Waals surface area contributed by atoms with Crippen molar-refractivity contribution in [2.75, 3.05) is 11.1 Å². The number of aromatic nitrogens is 3. The van der Waals surface area contributed by atoms with Gasteiger partial charge in [-0.1, -0.05) is 54.2 Å². The van der Waals surface area contributed by atoms with Gasteiger partial charge in [0, 0.05) is 18.2 Å². The number of Topliss-reactive ketones (excluding diaryl/α,β-unsaturated/α-hetero) is 1. The van der Waals surface area contributed by atoms with Crippen LogP contribution >= 0.6 is 11.8 Å². The van der Waals surface area contributed by atoms with Crippen LogP contribution in [0.3, 0.4) is 0 Å². The number of rotatable bonds is 6. The molecule has 0 aliphatic carbocycles. The third kappa shape index (κ3) is 4.00. The van der Waals surface area contributed by atoms with Crippen LogP contribution in [0.1, 0.15) is 17.3 Å². The summed E-state index contributed by atoms with van der Waals surface area (Å²) in [5.74, 6) is 0.630. The van der Waals surface area contributed by atoms with Crippen molar-refractivity contribution in [1.82, 2.24) is 14.8 Å². The van der Waals surface area contributed by atoms with E-state index in [2.05, 4.69) is 15.5 Å². The smallest absolute Gasteiger partial charge is 0.234 e. The van der Waals surface area contributed by atoms with Crippen LogP contribution in [0, 0.1) is 0 Å². The molecule has 2 aromatic carbocycles. The molecule has 132 valence electrons. The average Bonchev–Trinajstić information content (AvgIpc) is 3.01. The highest BCUT2D eigenvalue weighted by Crippen LogP contribution is 2.23. The van der Waals surface area contributed by atoms with E-state index < -0.39 is 0 Å². The second kappa shape index (κ2) is 7.97. The number of benzene rings is 2. The summed E-state index contributed by atoms with van der Waals surface area (Å²) in [7, 11) is 1.87. The van der Waals surface area contributed by atoms with Gasteiger partial charge in [-0.15, -0.1) is 10.2 Å². The summed E-state index contributed by atoms with van der Waals surface area (Å²) in [5, 5.41) is 11.8. The highest BCUT2D eigenvalue weighted by molar-refractivity contribution is 7.99. The van der Waals surface area contributed by atoms with Gasteiger partial charge in [0.05, 0.1) is 11.4 Å². The Labute approximate surface area is 155 Å². The van der Waals surface area contributed by atoms with E-state index in [4.69, 9.17) is 0 Å². The van der Waals surface area contributed by atoms with Crippen molar-refractivity contribution < 1.29 is 9.59 Å². The van der Waals surface area contributed by atoms with E-state index in [0.717, 1.165) is 11.4 Å². The number of carbonyl (C=O) groups is 2. The Morgan fingerprint density at radius 2 is 1.73 bits per heavy atom. The fraction of sp³-hybridized carbons (Fsp3) is 0.158. The number of anilines is 1. The zero-order valence-corrected chi connectivity index (χ0v) is 15.3. The first-order valence-corrected chi connectivity index (χ1v) is 9.02. The predicted octanol–water partition coefficient (Wildman–Crippen LogP) is 3.42. The predicted molar refractivity (Wildman–Crippen MR) is 102 cm³/mol. The summed E-state index contributed by atoms with van der Waals surface area (Å²) >= 11 is 1.30. The van der Waals surface area contributed by atoms with Crippen molar-refractivity contribution >= 4 is 29.1 Å². The maximum Gasteiger partial charge on any atom is 0.234 e. The molecule has 1 aromatic heterocycles. The third-order valence-corrected chi connectivity index (χ3v) is 4.80. The minimum atomic E-state index is -0.201. The van der Waals surface area contributed by atoms with Gasteiger partial charge < -0.3 is 9.88 Å². The Morgan fingerprint density at radius 1 is 1.04 bits per heavy atom. The molecule has 1 amide bonds. The van der Waals surface area contributed by atoms with Gasteiger partial charge in [0.1, 0.15) is 0 Å². The zero-order valence-electron chi connectivity index (χ0n) is 14.5. The van der Waals surface area contributed by atoms with Gasteiger partial charge in [0.2, 0.25) is 5.91 Å². The minimum Gasteiger partial charge on any atom is -0.325 e. The summed E-state index contributed by atoms with van der Waals surface area (Å²) in [6, 6.07) is 16.7. The van der Waals surface area contributed by atoms with Gasteiger partial charge in [-0.05, 0) is 19.1 Å². The van der Waals surface area contributed by atoms with Crippen LogP contribution in [0.5, 0.6) is 0 Å². The minimum absolute atomic E-state index is 0.0886. The van der Waals surface area contributed by atoms with Crippen LogP contribution in [0.4, 0.5) is 5.69 Å². The maximum atomic E-state index is 12.2. The van der Waals surface area contributed by atoms with Crippen molar-refractivity contribution in [3.63, 3.8) is 0 Å². The molecule has 0 atom stereocenters. The zero-order chi connectivity index (χ0) is 18.5. The van der Waals surface area contributed by atoms with Gasteiger partial charge >= 0.3 is 0 Å². The van der Waals surface area contributed by atoms with Gasteiger partial charge in [-0.3, -0.25) is 9.59 Å². The van der Waals surface area contributed by atoms with Gasteiger partial charge in [-0.25, -0.2) is 0 Å². The van der Waals surface area contributed by atoms with E-state index in [-0.39, 0.29) is 17.4 Å². The van der Waals surface area contributed by atoms with Gasteiger partial charge in [0.15, 0.2) is 16.8 Å². The second-order valence-corrected chi connectivity index (χ2v) is 6.61. The third-order valence-electron chi connectivity index (χ3n) is 3.78. The summed E-state index contributed by atoms with van der Waals surface area (Å²) in [6.45, 7) is 1.48. The number of amides is 1. The van der Waals surface area contributed by atoms with Crippen LogP contribution in [0.15, 0.2) is 59.8 Å². The standard InChI is InChI=1S/C19H18N4O2S/c1-13(24)15-10-6-7-11-16(15)20-17(25)12-26-19-22-21-18(23(19)2)14-8-4-3-5-9-14/h3-11H,12H2,1-2H3,(H,20,25). The van der Waals surface area contributed by atoms with Crippen LogP contribution < -0.4 is 5.32 Å². The number of ketones is 1. The average molecular weight is 366 g/mol. The summed E-state index contributed by atoms with van der Waals surface area (Å²) < 4.78 is 1.86. The molecule has 0 fully saturated rings. The lowest BCUT2D eigenvalue weighted by atomic mass is 10.1. The first-order valence-electron chi connectivity index (χ1n) is 8.03. The molecule has 0 unspecified atom stereocenters. The Kier molecular flexibility index (Phi) is 5.48. The quantitative estimate of drug-likeness (QED) is 0.534. The number of hydrogen-bond acceptors (Lipinski definition) is 5. The molecule has 0 aliphatic rings. The van der Waals surface area contributed by atoms with E-state index in [9.17, 15) is 9.59 Å². The van der Waals surface area contributed by atoms with Crippen LogP contribution in [0.2, 0.25) is 0 Å². The fourth-order valence-corrected chi connectivity index (χ4v) is 3.21. The van der Waals surface area contributed by atoms with Crippen LogP contribution in [-0.2, 0) is 11.8 Å². The Hall–Kier alpha value is -2.93. The van der Waals surface area contributed by atoms with Crippen molar-refractivity contribution in [2.45, 2.75) is 12.1 Å². The number of nitrogens with one attached hydrogen (secondary N) is 1. The molecule has 7 heteroatoms. The summed E-state index contributed by atoms with van der Waals surface area (Å²) in [4.78, 5) is 23.9. The Balaban J connectivity index is 1.66. The van der Waals surface area contributed by atoms with Crippen molar-refractivity contribution in [3.05, 3.63) is 60.2 Å². The lowest BCUT2D eigenvalue weighted by Gasteiger charge is -2.08. The van der Waals surface area contributed by atoms with Gasteiger partial charge in [-0.2, -0.15) is 0 Å². The maximum absolute atomic E-state index is 12.2. The first kappa shape index (κ1) is 17.9. The van der Waals surface area contributed by atoms with E-state index in [1.807, 2.05) is 41.9 Å². The highest BCUT2D eigenvalue weighted by Gasteiger charge is 2.14. The number of carbonyl (C=O) groups excluding carboxylic acids is 2. The fourth-order valence-electron chi connectivity index (χ4n) is 2.49. The molecule has 0 aliphatic heterocycles. The summed E-state index contributed by atoms with van der Waals surface area (Å²) in [6.07, 6.45) is 0. The Morgan fingerprint density at radius 3 is 2.46 bits per heavy atom. The monoisotopic (exact) mass is 366 g/mol. The lowest BCUT2D eigenvalue weighted by Crippen LogP contribution is -2.16. The van der Waals surface area contributed by atoms with Crippen molar-refractivity contribution in [1.29, 1.82) is 0 Å². The molecule has 1 N–H and O–H groups in total. The molecule has 1 heterocycles. The van der Waals surface area contributed by atoms with Crippen molar-refractivity contribution in [2.24, 2.45) is 7.05 Å². The highest BCUT2D eigenvalue weighted by atomic mass is 32.2. The topological polar surface area (TPSA) is 76.9 Å². The molecule has 0 saturated heterocycles. The molecule has 26 heavy (non-hydrogen) atoms. The molecular weight excluding hydrogens is 348 g/mol. The van der Waals surface area contributed by atoms with E-state index >= 15 is 0 Å².